The molecule has 1 nitrogen and oxygen atoms in total. The third-order valence-corrected chi connectivity index (χ3v) is 2.20. The molecule has 0 radical (unpaired) electrons. The zero-order valence-electron chi connectivity index (χ0n) is 8.26. The Morgan fingerprint density at radius 2 is 1.77 bits per heavy atom. The lowest BCUT2D eigenvalue weighted by molar-refractivity contribution is 1.35. The van der Waals surface area contributed by atoms with Crippen LogP contribution in [0, 0.1) is 11.3 Å². The normalized spacial score (nSPS) is 9.08. The van der Waals surface area contributed by atoms with Crippen LogP contribution in [0.2, 0.25) is 0 Å². The topological polar surface area (TPSA) is 23.8 Å². The Hall–Kier alpha value is -1.55. The van der Waals surface area contributed by atoms with Gasteiger partial charge in [0, 0.05) is 0 Å². The predicted molar refractivity (Wildman–Crippen MR) is 55.1 cm³/mol. The Balaban J connectivity index is 3.32. The third kappa shape index (κ3) is 1.97. The Labute approximate surface area is 79.3 Å². The molecule has 1 aromatic carbocycles. The van der Waals surface area contributed by atoms with Crippen molar-refractivity contribution >= 4 is 5.57 Å². The predicted octanol–water partition coefficient (Wildman–Crippen LogP) is 3.37. The van der Waals surface area contributed by atoms with E-state index in [1.54, 1.807) is 0 Å². The van der Waals surface area contributed by atoms with Crippen molar-refractivity contribution in [3.8, 4) is 6.07 Å². The summed E-state index contributed by atoms with van der Waals surface area (Å²) in [5, 5.41) is 8.88. The van der Waals surface area contributed by atoms with E-state index in [-0.39, 0.29) is 0 Å². The molecule has 0 saturated heterocycles. The highest BCUT2D eigenvalue weighted by molar-refractivity contribution is 5.70. The molecule has 1 rings (SSSR count). The molecule has 0 heterocycles. The van der Waals surface area contributed by atoms with Crippen LogP contribution in [0.25, 0.3) is 5.57 Å². The van der Waals surface area contributed by atoms with Crippen LogP contribution in [0.5, 0.6) is 0 Å². The van der Waals surface area contributed by atoms with E-state index in [0.717, 1.165) is 11.1 Å². The zero-order chi connectivity index (χ0) is 9.84. The molecule has 66 valence electrons. The maximum absolute atomic E-state index is 8.88. The number of hydrogen-bond donors (Lipinski definition) is 0. The monoisotopic (exact) mass is 171 g/mol. The van der Waals surface area contributed by atoms with E-state index in [1.807, 2.05) is 31.2 Å². The lowest BCUT2D eigenvalue weighted by Crippen LogP contribution is -1.87. The first-order valence-corrected chi connectivity index (χ1v) is 4.30. The molecule has 0 bridgehead atoms. The molecule has 0 atom stereocenters. The van der Waals surface area contributed by atoms with Gasteiger partial charge in [-0.3, -0.25) is 0 Å². The molecule has 0 aromatic heterocycles. The van der Waals surface area contributed by atoms with Gasteiger partial charge in [-0.05, 0) is 38.0 Å². The number of allylic oxidation sites excluding steroid dienone is 2. The van der Waals surface area contributed by atoms with Gasteiger partial charge in [-0.15, -0.1) is 0 Å². The first kappa shape index (κ1) is 9.54. The number of benzene rings is 1. The molecule has 0 aliphatic rings. The fraction of sp³-hybridized carbons (Fsp3) is 0.250. The highest BCUT2D eigenvalue weighted by Gasteiger charge is 2.02. The minimum atomic E-state index is 0.751. The fourth-order valence-corrected chi connectivity index (χ4v) is 1.18. The molecular formula is C12H13N. The Bertz CT molecular complexity index is 376. The van der Waals surface area contributed by atoms with E-state index in [2.05, 4.69) is 19.9 Å². The molecule has 13 heavy (non-hydrogen) atoms. The Kier molecular flexibility index (Phi) is 2.87. The second kappa shape index (κ2) is 3.91. The van der Waals surface area contributed by atoms with Crippen LogP contribution < -0.4 is 0 Å². The van der Waals surface area contributed by atoms with Crippen molar-refractivity contribution in [1.82, 2.24) is 0 Å². The van der Waals surface area contributed by atoms with E-state index < -0.39 is 0 Å². The number of nitrogens with zero attached hydrogens (tertiary/aromatic N) is 1. The standard InChI is InChI=1S/C12H13N/c1-9(2)10(3)12-7-5-4-6-11(12)8-13/h4-7H,1-3H3. The van der Waals surface area contributed by atoms with Crippen molar-refractivity contribution in [1.29, 1.82) is 5.26 Å². The largest absolute Gasteiger partial charge is 0.192 e. The summed E-state index contributed by atoms with van der Waals surface area (Å²) in [6.45, 7) is 6.17. The lowest BCUT2D eigenvalue weighted by Gasteiger charge is -2.05. The van der Waals surface area contributed by atoms with Crippen molar-refractivity contribution in [2.45, 2.75) is 20.8 Å². The maximum Gasteiger partial charge on any atom is 0.0998 e. The maximum atomic E-state index is 8.88. The van der Waals surface area contributed by atoms with Crippen LogP contribution in [-0.2, 0) is 0 Å². The number of rotatable bonds is 1. The van der Waals surface area contributed by atoms with Crippen LogP contribution >= 0.6 is 0 Å². The molecule has 0 aliphatic carbocycles. The van der Waals surface area contributed by atoms with Gasteiger partial charge in [-0.2, -0.15) is 5.26 Å². The molecule has 0 N–H and O–H groups in total. The molecule has 0 aliphatic heterocycles. The molecule has 0 amide bonds. The molecule has 0 unspecified atom stereocenters. The molecule has 0 saturated carbocycles. The van der Waals surface area contributed by atoms with Gasteiger partial charge in [0.1, 0.15) is 0 Å². The van der Waals surface area contributed by atoms with Crippen LogP contribution in [0.4, 0.5) is 0 Å². The molecular weight excluding hydrogens is 158 g/mol. The van der Waals surface area contributed by atoms with Crippen molar-refractivity contribution in [3.63, 3.8) is 0 Å². The number of nitriles is 1. The summed E-state index contributed by atoms with van der Waals surface area (Å²) in [6.07, 6.45) is 0. The van der Waals surface area contributed by atoms with Crippen molar-refractivity contribution in [3.05, 3.63) is 41.0 Å². The molecule has 1 aromatic rings. The van der Waals surface area contributed by atoms with Crippen LogP contribution in [0.1, 0.15) is 31.9 Å². The van der Waals surface area contributed by atoms with Crippen LogP contribution in [0.15, 0.2) is 29.8 Å². The highest BCUT2D eigenvalue weighted by Crippen LogP contribution is 2.20. The summed E-state index contributed by atoms with van der Waals surface area (Å²) in [6, 6.07) is 9.88. The Morgan fingerprint density at radius 3 is 2.31 bits per heavy atom. The zero-order valence-corrected chi connectivity index (χ0v) is 8.26. The minimum Gasteiger partial charge on any atom is -0.192 e. The summed E-state index contributed by atoms with van der Waals surface area (Å²) < 4.78 is 0. The lowest BCUT2D eigenvalue weighted by atomic mass is 9.99. The van der Waals surface area contributed by atoms with E-state index in [1.165, 1.54) is 11.1 Å². The summed E-state index contributed by atoms with van der Waals surface area (Å²) in [4.78, 5) is 0. The quantitative estimate of drug-likeness (QED) is 0.635. The van der Waals surface area contributed by atoms with Gasteiger partial charge in [0.05, 0.1) is 11.6 Å². The molecule has 0 fully saturated rings. The molecule has 1 heteroatoms. The van der Waals surface area contributed by atoms with E-state index in [4.69, 9.17) is 5.26 Å². The first-order chi connectivity index (χ1) is 6.16. The van der Waals surface area contributed by atoms with Gasteiger partial charge in [0.2, 0.25) is 0 Å². The SMILES string of the molecule is CC(C)=C(C)c1ccccc1C#N. The van der Waals surface area contributed by atoms with Crippen molar-refractivity contribution in [2.75, 3.05) is 0 Å². The van der Waals surface area contributed by atoms with E-state index in [0.29, 0.717) is 0 Å². The second-order valence-electron chi connectivity index (χ2n) is 3.28. The van der Waals surface area contributed by atoms with E-state index in [9.17, 15) is 0 Å². The van der Waals surface area contributed by atoms with Gasteiger partial charge in [-0.25, -0.2) is 0 Å². The summed E-state index contributed by atoms with van der Waals surface area (Å²) in [5.41, 5.74) is 4.24. The summed E-state index contributed by atoms with van der Waals surface area (Å²) in [5.74, 6) is 0. The smallest absolute Gasteiger partial charge is 0.0998 e. The number of hydrogen-bond acceptors (Lipinski definition) is 1. The van der Waals surface area contributed by atoms with Gasteiger partial charge >= 0.3 is 0 Å². The average molecular weight is 171 g/mol. The van der Waals surface area contributed by atoms with Crippen molar-refractivity contribution < 1.29 is 0 Å². The van der Waals surface area contributed by atoms with Gasteiger partial charge < -0.3 is 0 Å². The summed E-state index contributed by atoms with van der Waals surface area (Å²) >= 11 is 0. The van der Waals surface area contributed by atoms with Gasteiger partial charge in [0.25, 0.3) is 0 Å². The first-order valence-electron chi connectivity index (χ1n) is 4.30. The van der Waals surface area contributed by atoms with Crippen LogP contribution in [0.3, 0.4) is 0 Å². The average Bonchev–Trinajstić information content (AvgIpc) is 2.16. The van der Waals surface area contributed by atoms with Gasteiger partial charge in [-0.1, -0.05) is 23.8 Å². The van der Waals surface area contributed by atoms with Crippen molar-refractivity contribution in [2.24, 2.45) is 0 Å². The van der Waals surface area contributed by atoms with Crippen LogP contribution in [-0.4, -0.2) is 0 Å². The molecule has 0 spiro atoms. The van der Waals surface area contributed by atoms with Gasteiger partial charge in [0.15, 0.2) is 0 Å². The fourth-order valence-electron chi connectivity index (χ4n) is 1.18. The highest BCUT2D eigenvalue weighted by atomic mass is 14.2. The summed E-state index contributed by atoms with van der Waals surface area (Å²) in [7, 11) is 0. The Morgan fingerprint density at radius 1 is 1.15 bits per heavy atom. The third-order valence-electron chi connectivity index (χ3n) is 2.20. The second-order valence-corrected chi connectivity index (χ2v) is 3.28. The van der Waals surface area contributed by atoms with E-state index >= 15 is 0 Å². The minimum absolute atomic E-state index is 0.751.